The van der Waals surface area contributed by atoms with E-state index in [1.54, 1.807) is 0 Å². The fourth-order valence-electron chi connectivity index (χ4n) is 1.26. The Bertz CT molecular complexity index is 531. The Balaban J connectivity index is 2.76. The molecule has 8 nitrogen and oxygen atoms in total. The average Bonchev–Trinajstić information content (AvgIpc) is 2.27. The lowest BCUT2D eigenvalue weighted by atomic mass is 10.3. The molecule has 8 heteroatoms. The minimum absolute atomic E-state index is 0.0775. The number of carbonyl (C=O) groups is 1. The molecular formula is C9H14N4O4. The summed E-state index contributed by atoms with van der Waals surface area (Å²) in [5, 5.41) is 0. The average molecular weight is 242 g/mol. The second-order valence-electron chi connectivity index (χ2n) is 3.49. The first-order valence-electron chi connectivity index (χ1n) is 4.82. The summed E-state index contributed by atoms with van der Waals surface area (Å²) in [6.45, 7) is -0.208. The SMILES string of the molecule is Cn1cc(CNOCC(N)=O)c(=O)n(C)c1=O. The minimum Gasteiger partial charge on any atom is -0.368 e. The molecule has 0 spiro atoms. The van der Waals surface area contributed by atoms with Gasteiger partial charge in [0.1, 0.15) is 6.61 Å². The van der Waals surface area contributed by atoms with Crippen LogP contribution in [0.2, 0.25) is 0 Å². The summed E-state index contributed by atoms with van der Waals surface area (Å²) in [5.41, 5.74) is 6.80. The Kier molecular flexibility index (Phi) is 4.18. The molecule has 0 fully saturated rings. The highest BCUT2D eigenvalue weighted by Crippen LogP contribution is 1.86. The van der Waals surface area contributed by atoms with Crippen LogP contribution in [-0.2, 0) is 30.3 Å². The topological polar surface area (TPSA) is 108 Å². The van der Waals surface area contributed by atoms with Gasteiger partial charge >= 0.3 is 5.69 Å². The van der Waals surface area contributed by atoms with Crippen molar-refractivity contribution < 1.29 is 9.63 Å². The highest BCUT2D eigenvalue weighted by Gasteiger charge is 2.06. The summed E-state index contributed by atoms with van der Waals surface area (Å²) in [7, 11) is 2.92. The highest BCUT2D eigenvalue weighted by molar-refractivity contribution is 5.74. The van der Waals surface area contributed by atoms with Crippen LogP contribution < -0.4 is 22.5 Å². The Hall–Kier alpha value is -1.93. The molecule has 0 aliphatic heterocycles. The van der Waals surface area contributed by atoms with E-state index < -0.39 is 17.2 Å². The number of primary amides is 1. The number of nitrogens with zero attached hydrogens (tertiary/aromatic N) is 2. The van der Waals surface area contributed by atoms with Crippen molar-refractivity contribution >= 4 is 5.91 Å². The first kappa shape index (κ1) is 13.1. The number of aromatic nitrogens is 2. The van der Waals surface area contributed by atoms with Crippen LogP contribution >= 0.6 is 0 Å². The number of hydroxylamine groups is 1. The predicted octanol–water partition coefficient (Wildman–Crippen LogP) is -2.41. The zero-order chi connectivity index (χ0) is 13.0. The second kappa shape index (κ2) is 5.41. The molecule has 1 aromatic heterocycles. The van der Waals surface area contributed by atoms with Gasteiger partial charge in [-0.3, -0.25) is 19.0 Å². The van der Waals surface area contributed by atoms with Crippen LogP contribution in [0, 0.1) is 0 Å². The molecular weight excluding hydrogens is 228 g/mol. The first-order valence-corrected chi connectivity index (χ1v) is 4.82. The Morgan fingerprint density at radius 1 is 1.47 bits per heavy atom. The van der Waals surface area contributed by atoms with Gasteiger partial charge < -0.3 is 10.3 Å². The summed E-state index contributed by atoms with van der Waals surface area (Å²) in [5.74, 6) is -0.620. The number of nitrogens with one attached hydrogen (secondary N) is 1. The molecule has 1 heterocycles. The van der Waals surface area contributed by atoms with Gasteiger partial charge in [0.15, 0.2) is 0 Å². The normalized spacial score (nSPS) is 10.5. The lowest BCUT2D eigenvalue weighted by Gasteiger charge is -2.07. The predicted molar refractivity (Wildman–Crippen MR) is 58.9 cm³/mol. The van der Waals surface area contributed by atoms with Crippen molar-refractivity contribution in [3.05, 3.63) is 32.6 Å². The molecule has 17 heavy (non-hydrogen) atoms. The number of hydrogen-bond donors (Lipinski definition) is 2. The lowest BCUT2D eigenvalue weighted by Crippen LogP contribution is -2.39. The van der Waals surface area contributed by atoms with Crippen molar-refractivity contribution in [3.63, 3.8) is 0 Å². The fraction of sp³-hybridized carbons (Fsp3) is 0.444. The van der Waals surface area contributed by atoms with Crippen molar-refractivity contribution in [2.24, 2.45) is 19.8 Å². The molecule has 0 saturated carbocycles. The van der Waals surface area contributed by atoms with E-state index in [-0.39, 0.29) is 13.2 Å². The Labute approximate surface area is 96.6 Å². The van der Waals surface area contributed by atoms with Gasteiger partial charge in [0.2, 0.25) is 5.91 Å². The van der Waals surface area contributed by atoms with E-state index >= 15 is 0 Å². The number of amides is 1. The molecule has 94 valence electrons. The third-order valence-corrected chi connectivity index (χ3v) is 2.10. The summed E-state index contributed by atoms with van der Waals surface area (Å²) in [4.78, 5) is 38.1. The first-order chi connectivity index (χ1) is 7.93. The van der Waals surface area contributed by atoms with Crippen LogP contribution in [-0.4, -0.2) is 21.6 Å². The monoisotopic (exact) mass is 242 g/mol. The van der Waals surface area contributed by atoms with Gasteiger partial charge in [-0.05, 0) is 0 Å². The molecule has 1 aromatic rings. The molecule has 0 saturated heterocycles. The maximum atomic E-state index is 11.6. The smallest absolute Gasteiger partial charge is 0.330 e. The van der Waals surface area contributed by atoms with Gasteiger partial charge in [-0.25, -0.2) is 4.79 Å². The third kappa shape index (κ3) is 3.26. The van der Waals surface area contributed by atoms with Gasteiger partial charge in [0.05, 0.1) is 12.1 Å². The zero-order valence-corrected chi connectivity index (χ0v) is 9.60. The number of rotatable bonds is 5. The van der Waals surface area contributed by atoms with Gasteiger partial charge in [-0.2, -0.15) is 5.48 Å². The molecule has 0 atom stereocenters. The zero-order valence-electron chi connectivity index (χ0n) is 9.60. The number of nitrogens with two attached hydrogens (primary N) is 1. The molecule has 0 bridgehead atoms. The molecule has 0 radical (unpaired) electrons. The van der Waals surface area contributed by atoms with Gasteiger partial charge in [0, 0.05) is 20.3 Å². The summed E-state index contributed by atoms with van der Waals surface area (Å²) < 4.78 is 2.28. The Morgan fingerprint density at radius 2 is 2.12 bits per heavy atom. The van der Waals surface area contributed by atoms with E-state index in [0.29, 0.717) is 5.56 Å². The molecule has 0 aliphatic carbocycles. The molecule has 1 amide bonds. The number of carbonyl (C=O) groups excluding carboxylic acids is 1. The molecule has 1 rings (SSSR count). The maximum Gasteiger partial charge on any atom is 0.330 e. The standard InChI is InChI=1S/C9H14N4O4/c1-12-4-6(3-11-17-5-7(10)14)8(15)13(2)9(12)16/h4,11H,3,5H2,1-2H3,(H2,10,14). The van der Waals surface area contributed by atoms with E-state index in [0.717, 1.165) is 4.57 Å². The van der Waals surface area contributed by atoms with Gasteiger partial charge in [0.25, 0.3) is 5.56 Å². The van der Waals surface area contributed by atoms with Crippen molar-refractivity contribution in [1.82, 2.24) is 14.6 Å². The number of aryl methyl sites for hydroxylation is 1. The maximum absolute atomic E-state index is 11.6. The molecule has 0 aromatic carbocycles. The van der Waals surface area contributed by atoms with E-state index in [1.165, 1.54) is 24.9 Å². The lowest BCUT2D eigenvalue weighted by molar-refractivity contribution is -0.125. The quantitative estimate of drug-likeness (QED) is 0.441. The third-order valence-electron chi connectivity index (χ3n) is 2.10. The van der Waals surface area contributed by atoms with E-state index in [2.05, 4.69) is 5.48 Å². The fourth-order valence-corrected chi connectivity index (χ4v) is 1.26. The van der Waals surface area contributed by atoms with Crippen LogP contribution in [0.1, 0.15) is 5.56 Å². The summed E-state index contributed by atoms with van der Waals surface area (Å²) >= 11 is 0. The Morgan fingerprint density at radius 3 is 2.71 bits per heavy atom. The summed E-state index contributed by atoms with van der Waals surface area (Å²) in [6.07, 6.45) is 1.41. The van der Waals surface area contributed by atoms with Crippen molar-refractivity contribution in [3.8, 4) is 0 Å². The van der Waals surface area contributed by atoms with Gasteiger partial charge in [-0.1, -0.05) is 0 Å². The van der Waals surface area contributed by atoms with Crippen LogP contribution in [0.4, 0.5) is 0 Å². The van der Waals surface area contributed by atoms with Crippen LogP contribution in [0.5, 0.6) is 0 Å². The van der Waals surface area contributed by atoms with Crippen molar-refractivity contribution in [2.45, 2.75) is 6.54 Å². The van der Waals surface area contributed by atoms with E-state index in [1.807, 2.05) is 0 Å². The van der Waals surface area contributed by atoms with Crippen molar-refractivity contribution in [2.75, 3.05) is 6.61 Å². The molecule has 0 unspecified atom stereocenters. The molecule has 0 aliphatic rings. The van der Waals surface area contributed by atoms with Crippen molar-refractivity contribution in [1.29, 1.82) is 0 Å². The number of hydrogen-bond acceptors (Lipinski definition) is 5. The second-order valence-corrected chi connectivity index (χ2v) is 3.49. The molecule has 3 N–H and O–H groups in total. The van der Waals surface area contributed by atoms with Crippen LogP contribution in [0.25, 0.3) is 0 Å². The largest absolute Gasteiger partial charge is 0.368 e. The highest BCUT2D eigenvalue weighted by atomic mass is 16.6. The summed E-state index contributed by atoms with van der Waals surface area (Å²) in [6, 6.07) is 0. The van der Waals surface area contributed by atoms with Crippen LogP contribution in [0.3, 0.4) is 0 Å². The van der Waals surface area contributed by atoms with Gasteiger partial charge in [-0.15, -0.1) is 0 Å². The van der Waals surface area contributed by atoms with E-state index in [4.69, 9.17) is 10.6 Å². The minimum atomic E-state index is -0.620. The van der Waals surface area contributed by atoms with E-state index in [9.17, 15) is 14.4 Å². The van der Waals surface area contributed by atoms with Crippen LogP contribution in [0.15, 0.2) is 15.8 Å².